The number of hydrogen-bond donors (Lipinski definition) is 2. The number of rotatable bonds is 6. The van der Waals surface area contributed by atoms with Crippen LogP contribution in [-0.2, 0) is 0 Å². The van der Waals surface area contributed by atoms with Crippen LogP contribution in [0, 0.1) is 5.92 Å². The van der Waals surface area contributed by atoms with Crippen LogP contribution >= 0.6 is 0 Å². The molecule has 2 aromatic carbocycles. The quantitative estimate of drug-likeness (QED) is 0.789. The highest BCUT2D eigenvalue weighted by atomic mass is 16.5. The predicted molar refractivity (Wildman–Crippen MR) is 108 cm³/mol. The van der Waals surface area contributed by atoms with E-state index in [0.717, 1.165) is 5.75 Å². The fourth-order valence-corrected chi connectivity index (χ4v) is 2.36. The summed E-state index contributed by atoms with van der Waals surface area (Å²) in [7, 11) is 0. The summed E-state index contributed by atoms with van der Waals surface area (Å²) < 4.78 is 5.63. The maximum absolute atomic E-state index is 12.6. The average Bonchev–Trinajstić information content (AvgIpc) is 2.59. The van der Waals surface area contributed by atoms with E-state index in [1.54, 1.807) is 48.5 Å². The zero-order valence-corrected chi connectivity index (χ0v) is 16.6. The first-order valence-corrected chi connectivity index (χ1v) is 9.11. The van der Waals surface area contributed by atoms with Crippen molar-refractivity contribution in [1.82, 2.24) is 5.32 Å². The van der Waals surface area contributed by atoms with Gasteiger partial charge in [0.25, 0.3) is 11.8 Å². The molecule has 0 heterocycles. The van der Waals surface area contributed by atoms with Gasteiger partial charge in [-0.3, -0.25) is 9.59 Å². The molecule has 0 aliphatic carbocycles. The van der Waals surface area contributed by atoms with Crippen molar-refractivity contribution in [3.8, 4) is 5.75 Å². The van der Waals surface area contributed by atoms with Crippen molar-refractivity contribution in [2.24, 2.45) is 5.92 Å². The van der Waals surface area contributed by atoms with Gasteiger partial charge in [0.15, 0.2) is 0 Å². The molecule has 5 nitrogen and oxygen atoms in total. The second kappa shape index (κ2) is 8.71. The molecule has 2 aromatic rings. The molecule has 2 rings (SSSR count). The van der Waals surface area contributed by atoms with Crippen molar-refractivity contribution in [2.45, 2.75) is 40.2 Å². The Morgan fingerprint density at radius 2 is 1.59 bits per heavy atom. The van der Waals surface area contributed by atoms with Crippen LogP contribution in [0.25, 0.3) is 0 Å². The Hall–Kier alpha value is -2.82. The summed E-state index contributed by atoms with van der Waals surface area (Å²) in [4.78, 5) is 25.1. The molecule has 0 spiro atoms. The monoisotopic (exact) mass is 368 g/mol. The molecular formula is C22H28N2O3. The molecule has 0 aliphatic heterocycles. The van der Waals surface area contributed by atoms with Gasteiger partial charge in [-0.2, -0.15) is 0 Å². The van der Waals surface area contributed by atoms with Gasteiger partial charge in [0.1, 0.15) is 5.75 Å². The molecule has 0 atom stereocenters. The third-order valence-corrected chi connectivity index (χ3v) is 3.61. The van der Waals surface area contributed by atoms with E-state index in [0.29, 0.717) is 29.3 Å². The highest BCUT2D eigenvalue weighted by Crippen LogP contribution is 2.19. The Morgan fingerprint density at radius 3 is 2.19 bits per heavy atom. The van der Waals surface area contributed by atoms with E-state index in [4.69, 9.17) is 4.74 Å². The number of hydrogen-bond acceptors (Lipinski definition) is 3. The average molecular weight is 368 g/mol. The van der Waals surface area contributed by atoms with Gasteiger partial charge in [0, 0.05) is 11.1 Å². The number of benzene rings is 2. The highest BCUT2D eigenvalue weighted by molar-refractivity contribution is 6.09. The van der Waals surface area contributed by atoms with E-state index < -0.39 is 0 Å². The number of carbonyl (C=O) groups excluding carboxylic acids is 2. The van der Waals surface area contributed by atoms with Crippen molar-refractivity contribution >= 4 is 17.5 Å². The fraction of sp³-hybridized carbons (Fsp3) is 0.364. The first-order chi connectivity index (χ1) is 12.7. The summed E-state index contributed by atoms with van der Waals surface area (Å²) in [6.07, 6.45) is 0. The van der Waals surface area contributed by atoms with E-state index in [9.17, 15) is 9.59 Å². The van der Waals surface area contributed by atoms with Crippen molar-refractivity contribution in [1.29, 1.82) is 0 Å². The lowest BCUT2D eigenvalue weighted by molar-refractivity contribution is 0.0920. The normalized spacial score (nSPS) is 11.2. The minimum atomic E-state index is -0.361. The van der Waals surface area contributed by atoms with Crippen molar-refractivity contribution in [3.63, 3.8) is 0 Å². The number of carbonyl (C=O) groups is 2. The van der Waals surface area contributed by atoms with E-state index >= 15 is 0 Å². The van der Waals surface area contributed by atoms with Crippen LogP contribution in [0.2, 0.25) is 0 Å². The number of amides is 2. The van der Waals surface area contributed by atoms with Gasteiger partial charge < -0.3 is 15.4 Å². The molecule has 2 amide bonds. The molecule has 0 saturated carbocycles. The van der Waals surface area contributed by atoms with Gasteiger partial charge >= 0.3 is 0 Å². The molecule has 27 heavy (non-hydrogen) atoms. The van der Waals surface area contributed by atoms with Gasteiger partial charge in [-0.25, -0.2) is 0 Å². The first-order valence-electron chi connectivity index (χ1n) is 9.11. The Bertz CT molecular complexity index is 790. The Morgan fingerprint density at radius 1 is 0.963 bits per heavy atom. The number of ether oxygens (including phenoxy) is 1. The van der Waals surface area contributed by atoms with E-state index in [1.807, 2.05) is 20.8 Å². The number of anilines is 1. The summed E-state index contributed by atoms with van der Waals surface area (Å²) >= 11 is 0. The molecule has 0 unspecified atom stereocenters. The lowest BCUT2D eigenvalue weighted by atomic mass is 10.1. The van der Waals surface area contributed by atoms with Gasteiger partial charge in [0.05, 0.1) is 17.9 Å². The topological polar surface area (TPSA) is 67.4 Å². The molecule has 0 aliphatic rings. The largest absolute Gasteiger partial charge is 0.493 e. The van der Waals surface area contributed by atoms with Crippen LogP contribution in [-0.4, -0.2) is 24.0 Å². The molecular weight excluding hydrogens is 340 g/mol. The van der Waals surface area contributed by atoms with Gasteiger partial charge in [-0.05, 0) is 63.1 Å². The van der Waals surface area contributed by atoms with Gasteiger partial charge in [-0.15, -0.1) is 0 Å². The summed E-state index contributed by atoms with van der Waals surface area (Å²) in [5.74, 6) is 0.658. The smallest absolute Gasteiger partial charge is 0.255 e. The maximum Gasteiger partial charge on any atom is 0.255 e. The minimum absolute atomic E-state index is 0.226. The lowest BCUT2D eigenvalue weighted by Gasteiger charge is -2.21. The zero-order chi connectivity index (χ0) is 20.0. The third-order valence-electron chi connectivity index (χ3n) is 3.61. The molecule has 0 fully saturated rings. The molecule has 0 aromatic heterocycles. The molecule has 5 heteroatoms. The summed E-state index contributed by atoms with van der Waals surface area (Å²) in [5.41, 5.74) is 1.04. The van der Waals surface area contributed by atoms with Crippen LogP contribution in [0.1, 0.15) is 55.3 Å². The second-order valence-corrected chi connectivity index (χ2v) is 7.93. The standard InChI is InChI=1S/C22H28N2O3/c1-15(2)14-27-17-12-10-16(11-13-17)20(25)23-19-9-7-6-8-18(19)21(26)24-22(3,4)5/h6-13,15H,14H2,1-5H3,(H,23,25)(H,24,26). The third kappa shape index (κ3) is 6.44. The van der Waals surface area contributed by atoms with Gasteiger partial charge in [0.2, 0.25) is 0 Å². The summed E-state index contributed by atoms with van der Waals surface area (Å²) in [6, 6.07) is 13.9. The zero-order valence-electron chi connectivity index (χ0n) is 16.6. The van der Waals surface area contributed by atoms with Crippen LogP contribution in [0.5, 0.6) is 5.75 Å². The first kappa shape index (κ1) is 20.5. The molecule has 2 N–H and O–H groups in total. The van der Waals surface area contributed by atoms with Gasteiger partial charge in [-0.1, -0.05) is 26.0 Å². The van der Waals surface area contributed by atoms with Crippen LogP contribution in [0.3, 0.4) is 0 Å². The second-order valence-electron chi connectivity index (χ2n) is 7.93. The van der Waals surface area contributed by atoms with Crippen LogP contribution in [0.15, 0.2) is 48.5 Å². The maximum atomic E-state index is 12.6. The van der Waals surface area contributed by atoms with Crippen LogP contribution in [0.4, 0.5) is 5.69 Å². The number of nitrogens with one attached hydrogen (secondary N) is 2. The van der Waals surface area contributed by atoms with Crippen LogP contribution < -0.4 is 15.4 Å². The summed E-state index contributed by atoms with van der Waals surface area (Å²) in [6.45, 7) is 10.5. The van der Waals surface area contributed by atoms with Crippen molar-refractivity contribution < 1.29 is 14.3 Å². The van der Waals surface area contributed by atoms with E-state index in [2.05, 4.69) is 24.5 Å². The molecule has 0 saturated heterocycles. The molecule has 0 bridgehead atoms. The fourth-order valence-electron chi connectivity index (χ4n) is 2.36. The number of para-hydroxylation sites is 1. The Labute approximate surface area is 161 Å². The SMILES string of the molecule is CC(C)COc1ccc(C(=O)Nc2ccccc2C(=O)NC(C)(C)C)cc1. The molecule has 144 valence electrons. The summed E-state index contributed by atoms with van der Waals surface area (Å²) in [5, 5.41) is 5.74. The lowest BCUT2D eigenvalue weighted by Crippen LogP contribution is -2.40. The van der Waals surface area contributed by atoms with Crippen molar-refractivity contribution in [3.05, 3.63) is 59.7 Å². The highest BCUT2D eigenvalue weighted by Gasteiger charge is 2.19. The minimum Gasteiger partial charge on any atom is -0.493 e. The van der Waals surface area contributed by atoms with Crippen molar-refractivity contribution in [2.75, 3.05) is 11.9 Å². The molecule has 0 radical (unpaired) electrons. The van der Waals surface area contributed by atoms with E-state index in [-0.39, 0.29) is 17.4 Å². The van der Waals surface area contributed by atoms with E-state index in [1.165, 1.54) is 0 Å². The Balaban J connectivity index is 2.11. The predicted octanol–water partition coefficient (Wildman–Crippen LogP) is 4.50. The Kier molecular flexibility index (Phi) is 6.61.